The molecule has 206 valence electrons. The van der Waals surface area contributed by atoms with Gasteiger partial charge in [0.15, 0.2) is 9.84 Å². The number of aromatic nitrogens is 1. The molecule has 0 radical (unpaired) electrons. The van der Waals surface area contributed by atoms with Gasteiger partial charge in [-0.15, -0.1) is 0 Å². The van der Waals surface area contributed by atoms with Crippen LogP contribution in [-0.4, -0.2) is 79.7 Å². The van der Waals surface area contributed by atoms with Gasteiger partial charge in [0.2, 0.25) is 0 Å². The number of H-pyrrole nitrogens is 1. The van der Waals surface area contributed by atoms with E-state index in [1.54, 1.807) is 6.92 Å². The lowest BCUT2D eigenvalue weighted by Crippen LogP contribution is -2.53. The monoisotopic (exact) mass is 549 g/mol. The molecule has 0 saturated carbocycles. The van der Waals surface area contributed by atoms with Crippen molar-refractivity contribution in [3.8, 4) is 5.75 Å². The zero-order valence-electron chi connectivity index (χ0n) is 21.9. The fourth-order valence-corrected chi connectivity index (χ4v) is 6.12. The number of aromatic amines is 1. The molecule has 6 nitrogen and oxygen atoms in total. The van der Waals surface area contributed by atoms with Gasteiger partial charge in [-0.2, -0.15) is 0 Å². The predicted octanol–water partition coefficient (Wildman–Crippen LogP) is 4.64. The van der Waals surface area contributed by atoms with Gasteiger partial charge >= 0.3 is 0 Å². The van der Waals surface area contributed by atoms with E-state index in [1.165, 1.54) is 18.4 Å². The maximum absolute atomic E-state index is 15.8. The number of halogens is 3. The van der Waals surface area contributed by atoms with Gasteiger partial charge in [0.25, 0.3) is 0 Å². The number of nitrogens with one attached hydrogen (secondary N) is 1. The number of alkyl halides is 1. The highest BCUT2D eigenvalue weighted by Gasteiger charge is 2.40. The molecule has 1 N–H and O–H groups in total. The van der Waals surface area contributed by atoms with E-state index in [1.807, 2.05) is 41.0 Å². The van der Waals surface area contributed by atoms with Crippen molar-refractivity contribution < 1.29 is 26.3 Å². The van der Waals surface area contributed by atoms with Crippen LogP contribution in [0.3, 0.4) is 0 Å². The average Bonchev–Trinajstić information content (AvgIpc) is 3.19. The summed E-state index contributed by atoms with van der Waals surface area (Å²) in [6.45, 7) is 5.14. The minimum atomic E-state index is -3.36. The molecule has 2 aliphatic heterocycles. The molecule has 3 aromatic rings. The second kappa shape index (κ2) is 10.5. The third kappa shape index (κ3) is 5.18. The number of rotatable bonds is 9. The van der Waals surface area contributed by atoms with Crippen LogP contribution in [0.4, 0.5) is 13.2 Å². The van der Waals surface area contributed by atoms with Crippen molar-refractivity contribution in [1.82, 2.24) is 14.8 Å². The Morgan fingerprint density at radius 3 is 2.50 bits per heavy atom. The van der Waals surface area contributed by atoms with Gasteiger partial charge in [-0.1, -0.05) is 18.2 Å². The van der Waals surface area contributed by atoms with Crippen LogP contribution in [0.25, 0.3) is 10.9 Å². The average molecular weight is 550 g/mol. The van der Waals surface area contributed by atoms with Crippen molar-refractivity contribution in [3.05, 3.63) is 64.9 Å². The first-order valence-corrected chi connectivity index (χ1v) is 15.0. The number of sulfone groups is 1. The van der Waals surface area contributed by atoms with Gasteiger partial charge in [-0.25, -0.2) is 17.2 Å². The second-order valence-electron chi connectivity index (χ2n) is 10.7. The van der Waals surface area contributed by atoms with Gasteiger partial charge in [0.1, 0.15) is 23.5 Å². The first-order valence-electron chi connectivity index (χ1n) is 13.0. The highest BCUT2D eigenvalue weighted by Crippen LogP contribution is 2.43. The Hall–Kier alpha value is -2.56. The highest BCUT2D eigenvalue weighted by atomic mass is 32.2. The summed E-state index contributed by atoms with van der Waals surface area (Å²) >= 11 is 0. The molecule has 2 aliphatic rings. The molecule has 0 spiro atoms. The quantitative estimate of drug-likeness (QED) is 0.422. The Morgan fingerprint density at radius 2 is 1.84 bits per heavy atom. The first kappa shape index (κ1) is 27.0. The van der Waals surface area contributed by atoms with Crippen LogP contribution < -0.4 is 4.74 Å². The third-order valence-electron chi connectivity index (χ3n) is 7.88. The summed E-state index contributed by atoms with van der Waals surface area (Å²) in [5, 5.41) is 0.282. The maximum Gasteiger partial charge on any atom is 0.151 e. The number of hydrogen-bond acceptors (Lipinski definition) is 5. The van der Waals surface area contributed by atoms with Crippen LogP contribution in [0, 0.1) is 11.6 Å². The largest absolute Gasteiger partial charge is 0.488 e. The Kier molecular flexibility index (Phi) is 7.50. The van der Waals surface area contributed by atoms with E-state index in [4.69, 9.17) is 4.74 Å². The minimum Gasteiger partial charge on any atom is -0.488 e. The van der Waals surface area contributed by atoms with Crippen molar-refractivity contribution in [1.29, 1.82) is 0 Å². The molecule has 5 rings (SSSR count). The van der Waals surface area contributed by atoms with Crippen molar-refractivity contribution in [2.45, 2.75) is 50.1 Å². The summed E-state index contributed by atoms with van der Waals surface area (Å²) in [5.41, 5.74) is 2.41. The molecule has 1 aromatic heterocycles. The summed E-state index contributed by atoms with van der Waals surface area (Å²) in [4.78, 5) is 7.30. The van der Waals surface area contributed by atoms with E-state index in [0.717, 1.165) is 16.5 Å². The number of para-hydroxylation sites is 1. The van der Waals surface area contributed by atoms with Crippen LogP contribution in [0.2, 0.25) is 0 Å². The lowest BCUT2D eigenvalue weighted by Gasteiger charge is -2.42. The van der Waals surface area contributed by atoms with Crippen LogP contribution in [0.15, 0.2) is 36.4 Å². The Labute approximate surface area is 221 Å². The molecule has 0 amide bonds. The van der Waals surface area contributed by atoms with Gasteiger partial charge in [-0.3, -0.25) is 14.2 Å². The molecule has 0 aliphatic carbocycles. The summed E-state index contributed by atoms with van der Waals surface area (Å²) in [5.74, 6) is -1.38. The first-order chi connectivity index (χ1) is 18.1. The maximum atomic E-state index is 15.8. The third-order valence-corrected chi connectivity index (χ3v) is 9.49. The van der Waals surface area contributed by atoms with E-state index in [2.05, 4.69) is 4.98 Å². The van der Waals surface area contributed by atoms with Crippen LogP contribution >= 0.6 is 0 Å². The van der Waals surface area contributed by atoms with E-state index < -0.39 is 32.8 Å². The molecule has 3 heterocycles. The standard InChI is InChI=1S/C28H34F3N3O3S/c1-17-11-22-21-7-4-5-8-25(21)32-27(22)28(34(17)14-18(2)38(3,35)36)26-23(30)12-19(13-24(26)31)37-20-15-33(16-20)10-6-9-29/h4-5,7-8,12-13,17-18,20,28,32H,6,9-11,14-16H2,1-3H3/t17-,18?,28-/m1/s1. The summed E-state index contributed by atoms with van der Waals surface area (Å²) in [6, 6.07) is 9.18. The molecular weight excluding hydrogens is 515 g/mol. The minimum absolute atomic E-state index is 0.107. The van der Waals surface area contributed by atoms with Crippen molar-refractivity contribution in [3.63, 3.8) is 0 Å². The molecule has 38 heavy (non-hydrogen) atoms. The molecule has 10 heteroatoms. The Bertz CT molecular complexity index is 1400. The van der Waals surface area contributed by atoms with Crippen LogP contribution in [-0.2, 0) is 16.3 Å². The molecular formula is C28H34F3N3O3S. The number of fused-ring (bicyclic) bond motifs is 3. The molecule has 1 saturated heterocycles. The van der Waals surface area contributed by atoms with Crippen molar-refractivity contribution in [2.24, 2.45) is 0 Å². The fourth-order valence-electron chi connectivity index (χ4n) is 5.68. The van der Waals surface area contributed by atoms with Gasteiger partial charge in [0, 0.05) is 72.8 Å². The number of hydrogen-bond donors (Lipinski definition) is 1. The number of ether oxygens (including phenoxy) is 1. The predicted molar refractivity (Wildman–Crippen MR) is 142 cm³/mol. The number of nitrogens with zero attached hydrogens (tertiary/aromatic N) is 2. The highest BCUT2D eigenvalue weighted by molar-refractivity contribution is 7.91. The normalized spacial score (nSPS) is 21.8. The van der Waals surface area contributed by atoms with Gasteiger partial charge in [0.05, 0.1) is 18.0 Å². The Morgan fingerprint density at radius 1 is 1.16 bits per heavy atom. The molecule has 1 unspecified atom stereocenters. The lowest BCUT2D eigenvalue weighted by atomic mass is 9.88. The SMILES string of the molecule is CC(CN1[C@H](c2c(F)cc(OC3CN(CCCF)C3)cc2F)c2[nH]c3ccccc3c2C[C@H]1C)S(C)(=O)=O. The topological polar surface area (TPSA) is 65.6 Å². The Balaban J connectivity index is 1.51. The second-order valence-corrected chi connectivity index (χ2v) is 13.2. The summed E-state index contributed by atoms with van der Waals surface area (Å²) in [7, 11) is -3.36. The molecule has 3 atom stereocenters. The van der Waals surface area contributed by atoms with E-state index >= 15 is 8.78 Å². The van der Waals surface area contributed by atoms with E-state index in [-0.39, 0.29) is 36.7 Å². The zero-order valence-corrected chi connectivity index (χ0v) is 22.7. The van der Waals surface area contributed by atoms with Crippen molar-refractivity contribution >= 4 is 20.7 Å². The summed E-state index contributed by atoms with van der Waals surface area (Å²) in [6.07, 6.45) is 2.05. The lowest BCUT2D eigenvalue weighted by molar-refractivity contribution is 0.0180. The van der Waals surface area contributed by atoms with Crippen molar-refractivity contribution in [2.75, 3.05) is 39.1 Å². The summed E-state index contributed by atoms with van der Waals surface area (Å²) < 4.78 is 74.5. The fraction of sp³-hybridized carbons (Fsp3) is 0.500. The number of benzene rings is 2. The smallest absolute Gasteiger partial charge is 0.151 e. The van der Waals surface area contributed by atoms with E-state index in [0.29, 0.717) is 38.2 Å². The van der Waals surface area contributed by atoms with Crippen LogP contribution in [0.1, 0.15) is 43.1 Å². The number of likely N-dealkylation sites (tertiary alicyclic amines) is 1. The molecule has 0 bridgehead atoms. The van der Waals surface area contributed by atoms with Crippen LogP contribution in [0.5, 0.6) is 5.75 Å². The van der Waals surface area contributed by atoms with E-state index in [9.17, 15) is 12.8 Å². The molecule has 1 fully saturated rings. The molecule has 2 aromatic carbocycles. The zero-order chi connectivity index (χ0) is 27.2. The van der Waals surface area contributed by atoms with Gasteiger partial charge in [-0.05, 0) is 38.3 Å². The van der Waals surface area contributed by atoms with Gasteiger partial charge < -0.3 is 9.72 Å².